The van der Waals surface area contributed by atoms with Gasteiger partial charge in [0.25, 0.3) is 10.1 Å². The molecule has 0 aromatic heterocycles. The van der Waals surface area contributed by atoms with Crippen molar-refractivity contribution in [2.24, 2.45) is 5.92 Å². The van der Waals surface area contributed by atoms with E-state index in [0.29, 0.717) is 10.8 Å². The van der Waals surface area contributed by atoms with Crippen molar-refractivity contribution >= 4 is 10.1 Å². The number of rotatable bonds is 3. The molecule has 116 valence electrons. The highest BCUT2D eigenvalue weighted by Gasteiger charge is 2.48. The first kappa shape index (κ1) is 15.0. The summed E-state index contributed by atoms with van der Waals surface area (Å²) in [7, 11) is -3.67. The summed E-state index contributed by atoms with van der Waals surface area (Å²) in [6, 6.07) is 7.18. The molecule has 2 aliphatic rings. The van der Waals surface area contributed by atoms with Crippen LogP contribution in [0.25, 0.3) is 0 Å². The van der Waals surface area contributed by atoms with Gasteiger partial charge in [-0.15, -0.1) is 0 Å². The average Bonchev–Trinajstić information content (AvgIpc) is 2.97. The van der Waals surface area contributed by atoms with E-state index >= 15 is 0 Å². The molecule has 0 heterocycles. The van der Waals surface area contributed by atoms with Crippen LogP contribution in [0.3, 0.4) is 0 Å². The Balaban J connectivity index is 1.89. The Bertz CT molecular complexity index is 632. The molecule has 2 saturated carbocycles. The lowest BCUT2D eigenvalue weighted by molar-refractivity contribution is 0.0883. The second-order valence-electron chi connectivity index (χ2n) is 7.65. The third-order valence-corrected chi connectivity index (χ3v) is 6.36. The monoisotopic (exact) mass is 308 g/mol. The molecule has 0 N–H and O–H groups in total. The van der Waals surface area contributed by atoms with Crippen LogP contribution in [0.15, 0.2) is 29.2 Å². The number of hydrogen-bond donors (Lipinski definition) is 0. The van der Waals surface area contributed by atoms with Crippen LogP contribution in [0.4, 0.5) is 0 Å². The molecule has 0 unspecified atom stereocenters. The van der Waals surface area contributed by atoms with Crippen LogP contribution in [0.2, 0.25) is 0 Å². The number of hydrogen-bond acceptors (Lipinski definition) is 3. The molecule has 0 atom stereocenters. The van der Waals surface area contributed by atoms with Crippen LogP contribution in [-0.4, -0.2) is 14.0 Å². The van der Waals surface area contributed by atoms with Gasteiger partial charge in [0.05, 0.1) is 10.5 Å². The summed E-state index contributed by atoms with van der Waals surface area (Å²) in [5.41, 5.74) is 0.525. The van der Waals surface area contributed by atoms with E-state index in [1.807, 2.05) is 6.07 Å². The molecule has 2 bridgehead atoms. The Kier molecular flexibility index (Phi) is 3.45. The van der Waals surface area contributed by atoms with Gasteiger partial charge >= 0.3 is 0 Å². The molecule has 2 fully saturated rings. The third-order valence-electron chi connectivity index (χ3n) is 4.95. The maximum atomic E-state index is 12.6. The molecule has 4 heteroatoms. The molecule has 0 aliphatic heterocycles. The SMILES string of the molecule is CC(C)(C)c1cccc(S(=O)(=O)OC23CCC(CC2)C3)c1. The second kappa shape index (κ2) is 4.82. The molecule has 3 rings (SSSR count). The van der Waals surface area contributed by atoms with Gasteiger partial charge in [-0.25, -0.2) is 0 Å². The first-order valence-electron chi connectivity index (χ1n) is 7.77. The lowest BCUT2D eigenvalue weighted by Gasteiger charge is -2.26. The maximum absolute atomic E-state index is 12.6. The van der Waals surface area contributed by atoms with E-state index in [4.69, 9.17) is 4.18 Å². The topological polar surface area (TPSA) is 43.4 Å². The molecule has 2 aliphatic carbocycles. The summed E-state index contributed by atoms with van der Waals surface area (Å²) in [5.74, 6) is 0.668. The predicted molar refractivity (Wildman–Crippen MR) is 82.7 cm³/mol. The summed E-state index contributed by atoms with van der Waals surface area (Å²) in [5, 5.41) is 0. The minimum atomic E-state index is -3.67. The molecular weight excluding hydrogens is 284 g/mol. The van der Waals surface area contributed by atoms with Crippen LogP contribution in [0.1, 0.15) is 58.4 Å². The smallest absolute Gasteiger partial charge is 0.260 e. The summed E-state index contributed by atoms with van der Waals surface area (Å²) < 4.78 is 31.0. The van der Waals surface area contributed by atoms with Crippen molar-refractivity contribution in [2.75, 3.05) is 0 Å². The van der Waals surface area contributed by atoms with Crippen molar-refractivity contribution < 1.29 is 12.6 Å². The van der Waals surface area contributed by atoms with Gasteiger partial charge in [0.2, 0.25) is 0 Å². The van der Waals surface area contributed by atoms with Crippen LogP contribution < -0.4 is 0 Å². The van der Waals surface area contributed by atoms with E-state index in [0.717, 1.165) is 37.7 Å². The van der Waals surface area contributed by atoms with Gasteiger partial charge in [0.1, 0.15) is 0 Å². The second-order valence-corrected chi connectivity index (χ2v) is 9.19. The summed E-state index contributed by atoms with van der Waals surface area (Å²) >= 11 is 0. The fraction of sp³-hybridized carbons (Fsp3) is 0.647. The van der Waals surface area contributed by atoms with Crippen molar-refractivity contribution in [3.05, 3.63) is 29.8 Å². The van der Waals surface area contributed by atoms with Gasteiger partial charge < -0.3 is 0 Å². The van der Waals surface area contributed by atoms with Crippen molar-refractivity contribution in [1.29, 1.82) is 0 Å². The van der Waals surface area contributed by atoms with E-state index in [1.165, 1.54) is 0 Å². The average molecular weight is 308 g/mol. The fourth-order valence-electron chi connectivity index (χ4n) is 3.65. The molecule has 0 radical (unpaired) electrons. The lowest BCUT2D eigenvalue weighted by atomic mass is 9.87. The minimum Gasteiger partial charge on any atom is -0.260 e. The van der Waals surface area contributed by atoms with E-state index in [9.17, 15) is 8.42 Å². The van der Waals surface area contributed by atoms with Gasteiger partial charge in [-0.1, -0.05) is 32.9 Å². The zero-order chi connectivity index (χ0) is 15.3. The molecule has 0 spiro atoms. The molecule has 21 heavy (non-hydrogen) atoms. The highest BCUT2D eigenvalue weighted by atomic mass is 32.2. The maximum Gasteiger partial charge on any atom is 0.297 e. The lowest BCUT2D eigenvalue weighted by Crippen LogP contribution is -2.30. The Morgan fingerprint density at radius 3 is 2.38 bits per heavy atom. The standard InChI is InChI=1S/C17H24O3S/c1-16(2,3)14-5-4-6-15(11-14)21(18,19)20-17-9-7-13(12-17)8-10-17/h4-6,11,13H,7-10,12H2,1-3H3. The molecule has 1 aromatic carbocycles. The van der Waals surface area contributed by atoms with Crippen LogP contribution in [-0.2, 0) is 19.7 Å². The van der Waals surface area contributed by atoms with Gasteiger partial charge in [-0.2, -0.15) is 8.42 Å². The summed E-state index contributed by atoms with van der Waals surface area (Å²) in [6.45, 7) is 6.24. The highest BCUT2D eigenvalue weighted by Crippen LogP contribution is 2.51. The molecule has 0 amide bonds. The largest absolute Gasteiger partial charge is 0.297 e. The van der Waals surface area contributed by atoms with Crippen LogP contribution in [0, 0.1) is 5.92 Å². The Morgan fingerprint density at radius 1 is 1.19 bits per heavy atom. The minimum absolute atomic E-state index is 0.0738. The summed E-state index contributed by atoms with van der Waals surface area (Å²) in [6.07, 6.45) is 4.89. The molecule has 3 nitrogen and oxygen atoms in total. The third kappa shape index (κ3) is 2.88. The van der Waals surface area contributed by atoms with Gasteiger partial charge in [0, 0.05) is 0 Å². The van der Waals surface area contributed by atoms with Crippen LogP contribution in [0.5, 0.6) is 0 Å². The fourth-order valence-corrected chi connectivity index (χ4v) is 4.97. The Hall–Kier alpha value is -0.870. The van der Waals surface area contributed by atoms with E-state index in [2.05, 4.69) is 20.8 Å². The zero-order valence-corrected chi connectivity index (χ0v) is 13.9. The van der Waals surface area contributed by atoms with Crippen molar-refractivity contribution in [1.82, 2.24) is 0 Å². The Morgan fingerprint density at radius 2 is 1.86 bits per heavy atom. The molecule has 1 aromatic rings. The van der Waals surface area contributed by atoms with Crippen molar-refractivity contribution in [3.63, 3.8) is 0 Å². The van der Waals surface area contributed by atoms with Crippen molar-refractivity contribution in [2.45, 2.75) is 68.8 Å². The zero-order valence-electron chi connectivity index (χ0n) is 13.1. The number of fused-ring (bicyclic) bond motifs is 2. The highest BCUT2D eigenvalue weighted by molar-refractivity contribution is 7.86. The van der Waals surface area contributed by atoms with Gasteiger partial charge in [0.15, 0.2) is 0 Å². The number of benzene rings is 1. The summed E-state index contributed by atoms with van der Waals surface area (Å²) in [4.78, 5) is 0.291. The van der Waals surface area contributed by atoms with Crippen LogP contribution >= 0.6 is 0 Å². The molecule has 0 saturated heterocycles. The van der Waals surface area contributed by atoms with Crippen molar-refractivity contribution in [3.8, 4) is 0 Å². The first-order valence-corrected chi connectivity index (χ1v) is 9.17. The predicted octanol–water partition coefficient (Wildman–Crippen LogP) is 4.02. The quantitative estimate of drug-likeness (QED) is 0.792. The van der Waals surface area contributed by atoms with Gasteiger partial charge in [-0.05, 0) is 61.1 Å². The Labute approximate surface area is 127 Å². The first-order chi connectivity index (χ1) is 9.70. The normalized spacial score (nSPS) is 29.0. The molecular formula is C17H24O3S. The van der Waals surface area contributed by atoms with E-state index in [1.54, 1.807) is 18.2 Å². The van der Waals surface area contributed by atoms with E-state index < -0.39 is 15.7 Å². The van der Waals surface area contributed by atoms with Gasteiger partial charge in [-0.3, -0.25) is 4.18 Å². The van der Waals surface area contributed by atoms with E-state index in [-0.39, 0.29) is 5.41 Å².